The molecule has 1 atom stereocenters. The standard InChI is InChI=1S/C15H15N3O4S/c1-10(23-12-5-3-11(22-2)4-6-12)15(19)17-13-7-8-16-9-14(13)18(20)21/h3-10H,1-2H3,(H,16,17,19)/t10-/m0/s1. The number of pyridine rings is 1. The van der Waals surface area contributed by atoms with Gasteiger partial charge in [0.15, 0.2) is 0 Å². The maximum atomic E-state index is 12.2. The number of methoxy groups -OCH3 is 1. The Balaban J connectivity index is 2.04. The van der Waals surface area contributed by atoms with Crippen molar-refractivity contribution in [1.82, 2.24) is 4.98 Å². The summed E-state index contributed by atoms with van der Waals surface area (Å²) in [6.45, 7) is 1.73. The van der Waals surface area contributed by atoms with Crippen LogP contribution >= 0.6 is 11.8 Å². The number of rotatable bonds is 6. The monoisotopic (exact) mass is 333 g/mol. The first-order valence-electron chi connectivity index (χ1n) is 6.71. The van der Waals surface area contributed by atoms with E-state index >= 15 is 0 Å². The van der Waals surface area contributed by atoms with E-state index in [4.69, 9.17) is 4.74 Å². The lowest BCUT2D eigenvalue weighted by Gasteiger charge is -2.12. The van der Waals surface area contributed by atoms with E-state index in [1.165, 1.54) is 24.0 Å². The topological polar surface area (TPSA) is 94.4 Å². The van der Waals surface area contributed by atoms with Gasteiger partial charge in [0.1, 0.15) is 17.6 Å². The van der Waals surface area contributed by atoms with Crippen LogP contribution in [0.25, 0.3) is 0 Å². The highest BCUT2D eigenvalue weighted by Crippen LogP contribution is 2.27. The fourth-order valence-corrected chi connectivity index (χ4v) is 2.65. The third-order valence-corrected chi connectivity index (χ3v) is 4.11. The number of benzene rings is 1. The molecule has 0 saturated carbocycles. The Morgan fingerprint density at radius 1 is 1.35 bits per heavy atom. The van der Waals surface area contributed by atoms with Crippen molar-refractivity contribution in [2.75, 3.05) is 12.4 Å². The van der Waals surface area contributed by atoms with Gasteiger partial charge >= 0.3 is 5.69 Å². The summed E-state index contributed by atoms with van der Waals surface area (Å²) in [5, 5.41) is 13.1. The number of nitrogens with one attached hydrogen (secondary N) is 1. The highest BCUT2D eigenvalue weighted by Gasteiger charge is 2.20. The van der Waals surface area contributed by atoms with Crippen LogP contribution in [0.5, 0.6) is 5.75 Å². The average Bonchev–Trinajstić information content (AvgIpc) is 2.55. The van der Waals surface area contributed by atoms with E-state index in [9.17, 15) is 14.9 Å². The summed E-state index contributed by atoms with van der Waals surface area (Å²) in [6.07, 6.45) is 2.50. The van der Waals surface area contributed by atoms with Gasteiger partial charge in [-0.3, -0.25) is 19.9 Å². The number of nitro groups is 1. The lowest BCUT2D eigenvalue weighted by molar-refractivity contribution is -0.384. The summed E-state index contributed by atoms with van der Waals surface area (Å²) < 4.78 is 5.08. The largest absolute Gasteiger partial charge is 0.497 e. The molecule has 0 bridgehead atoms. The summed E-state index contributed by atoms with van der Waals surface area (Å²) >= 11 is 1.35. The summed E-state index contributed by atoms with van der Waals surface area (Å²) in [7, 11) is 1.58. The van der Waals surface area contributed by atoms with Gasteiger partial charge in [0.05, 0.1) is 17.3 Å². The molecule has 0 aliphatic carbocycles. The molecule has 0 unspecified atom stereocenters. The van der Waals surface area contributed by atoms with E-state index in [2.05, 4.69) is 10.3 Å². The Bertz CT molecular complexity index is 706. The van der Waals surface area contributed by atoms with Gasteiger partial charge in [-0.25, -0.2) is 0 Å². The molecule has 8 heteroatoms. The second-order valence-corrected chi connectivity index (χ2v) is 5.99. The van der Waals surface area contributed by atoms with Crippen molar-refractivity contribution in [3.8, 4) is 5.75 Å². The van der Waals surface area contributed by atoms with Crippen LogP contribution in [0.2, 0.25) is 0 Å². The van der Waals surface area contributed by atoms with Crippen molar-refractivity contribution >= 4 is 29.0 Å². The second-order valence-electron chi connectivity index (χ2n) is 4.57. The Morgan fingerprint density at radius 2 is 2.04 bits per heavy atom. The van der Waals surface area contributed by atoms with Crippen molar-refractivity contribution in [2.24, 2.45) is 0 Å². The third kappa shape index (κ3) is 4.43. The van der Waals surface area contributed by atoms with Gasteiger partial charge < -0.3 is 10.1 Å². The van der Waals surface area contributed by atoms with Gasteiger partial charge in [-0.15, -0.1) is 11.8 Å². The summed E-state index contributed by atoms with van der Waals surface area (Å²) in [5.41, 5.74) is -0.0975. The highest BCUT2D eigenvalue weighted by molar-refractivity contribution is 8.00. The number of carbonyl (C=O) groups excluding carboxylic acids is 1. The first kappa shape index (κ1) is 16.8. The smallest absolute Gasteiger partial charge is 0.310 e. The van der Waals surface area contributed by atoms with Gasteiger partial charge in [0.25, 0.3) is 0 Å². The molecule has 0 radical (unpaired) electrons. The minimum Gasteiger partial charge on any atom is -0.497 e. The molecule has 2 aromatic rings. The van der Waals surface area contributed by atoms with Crippen LogP contribution in [0.3, 0.4) is 0 Å². The molecule has 1 aromatic heterocycles. The minimum absolute atomic E-state index is 0.136. The molecule has 0 saturated heterocycles. The van der Waals surface area contributed by atoms with E-state index in [1.807, 2.05) is 12.1 Å². The molecule has 0 aliphatic heterocycles. The van der Waals surface area contributed by atoms with Crippen molar-refractivity contribution in [1.29, 1.82) is 0 Å². The number of amides is 1. The molecule has 1 aromatic carbocycles. The molecule has 23 heavy (non-hydrogen) atoms. The van der Waals surface area contributed by atoms with E-state index < -0.39 is 10.2 Å². The van der Waals surface area contributed by atoms with Gasteiger partial charge in [0.2, 0.25) is 5.91 Å². The lowest BCUT2D eigenvalue weighted by atomic mass is 10.3. The molecular formula is C15H15N3O4S. The van der Waals surface area contributed by atoms with Crippen LogP contribution < -0.4 is 10.1 Å². The van der Waals surface area contributed by atoms with Gasteiger partial charge in [-0.1, -0.05) is 0 Å². The Hall–Kier alpha value is -2.61. The molecule has 1 amide bonds. The lowest BCUT2D eigenvalue weighted by Crippen LogP contribution is -2.22. The van der Waals surface area contributed by atoms with E-state index in [0.29, 0.717) is 0 Å². The summed E-state index contributed by atoms with van der Waals surface area (Å²) in [6, 6.07) is 8.71. The molecule has 0 spiro atoms. The molecule has 2 rings (SSSR count). The number of carbonyl (C=O) groups is 1. The summed E-state index contributed by atoms with van der Waals surface area (Å²) in [4.78, 5) is 27.2. The molecule has 0 fully saturated rings. The Labute approximate surface area is 137 Å². The molecule has 7 nitrogen and oxygen atoms in total. The maximum absolute atomic E-state index is 12.2. The Kier molecular flexibility index (Phi) is 5.53. The van der Waals surface area contributed by atoms with Crippen LogP contribution in [0, 0.1) is 10.1 Å². The maximum Gasteiger partial charge on any atom is 0.310 e. The average molecular weight is 333 g/mol. The molecule has 1 N–H and O–H groups in total. The minimum atomic E-state index is -0.579. The van der Waals surface area contributed by atoms with Gasteiger partial charge in [-0.05, 0) is 37.3 Å². The zero-order valence-corrected chi connectivity index (χ0v) is 13.4. The SMILES string of the molecule is COc1ccc(S[C@@H](C)C(=O)Nc2ccncc2[N+](=O)[O-])cc1. The predicted molar refractivity (Wildman–Crippen MR) is 87.8 cm³/mol. The fourth-order valence-electron chi connectivity index (χ4n) is 1.78. The van der Waals surface area contributed by atoms with Crippen LogP contribution in [0.4, 0.5) is 11.4 Å². The van der Waals surface area contributed by atoms with E-state index in [0.717, 1.165) is 16.8 Å². The van der Waals surface area contributed by atoms with Crippen molar-refractivity contribution in [3.63, 3.8) is 0 Å². The quantitative estimate of drug-likeness (QED) is 0.496. The van der Waals surface area contributed by atoms with Crippen LogP contribution in [-0.2, 0) is 4.79 Å². The number of aromatic nitrogens is 1. The van der Waals surface area contributed by atoms with Crippen molar-refractivity contribution in [3.05, 3.63) is 52.8 Å². The van der Waals surface area contributed by atoms with Gasteiger partial charge in [-0.2, -0.15) is 0 Å². The van der Waals surface area contributed by atoms with Crippen LogP contribution in [0.15, 0.2) is 47.6 Å². The third-order valence-electron chi connectivity index (χ3n) is 3.00. The zero-order chi connectivity index (χ0) is 16.8. The zero-order valence-electron chi connectivity index (χ0n) is 12.6. The van der Waals surface area contributed by atoms with Gasteiger partial charge in [0, 0.05) is 11.1 Å². The normalized spacial score (nSPS) is 11.6. The summed E-state index contributed by atoms with van der Waals surface area (Å²) in [5.74, 6) is 0.416. The van der Waals surface area contributed by atoms with E-state index in [-0.39, 0.29) is 17.3 Å². The first-order valence-corrected chi connectivity index (χ1v) is 7.59. The molecule has 0 aliphatic rings. The van der Waals surface area contributed by atoms with Crippen LogP contribution in [0.1, 0.15) is 6.92 Å². The Morgan fingerprint density at radius 3 is 2.65 bits per heavy atom. The van der Waals surface area contributed by atoms with Crippen molar-refractivity contribution in [2.45, 2.75) is 17.1 Å². The second kappa shape index (κ2) is 7.59. The molecule has 1 heterocycles. The fraction of sp³-hybridized carbons (Fsp3) is 0.200. The predicted octanol–water partition coefficient (Wildman–Crippen LogP) is 3.12. The number of thioether (sulfide) groups is 1. The molecule has 120 valence electrons. The van der Waals surface area contributed by atoms with Crippen LogP contribution in [-0.4, -0.2) is 28.2 Å². The number of ether oxygens (including phenoxy) is 1. The molecular weight excluding hydrogens is 318 g/mol. The number of anilines is 1. The van der Waals surface area contributed by atoms with E-state index in [1.54, 1.807) is 26.2 Å². The number of nitrogens with zero attached hydrogens (tertiary/aromatic N) is 2. The highest BCUT2D eigenvalue weighted by atomic mass is 32.2. The number of hydrogen-bond donors (Lipinski definition) is 1. The van der Waals surface area contributed by atoms with Crippen molar-refractivity contribution < 1.29 is 14.5 Å². The number of hydrogen-bond acceptors (Lipinski definition) is 6. The first-order chi connectivity index (χ1) is 11.0.